The molecule has 5 aromatic heterocycles. The van der Waals surface area contributed by atoms with Crippen molar-refractivity contribution in [1.29, 1.82) is 0 Å². The van der Waals surface area contributed by atoms with Gasteiger partial charge in [0.15, 0.2) is 11.5 Å². The lowest BCUT2D eigenvalue weighted by Crippen LogP contribution is -2.29. The molecule has 0 radical (unpaired) electrons. The fourth-order valence-electron chi connectivity index (χ4n) is 5.03. The maximum Gasteiger partial charge on any atom is 0.180 e. The molecule has 36 heavy (non-hydrogen) atoms. The molecule has 9 nitrogen and oxygen atoms in total. The Morgan fingerprint density at radius 2 is 1.94 bits per heavy atom. The number of imidazole rings is 1. The third-order valence-electron chi connectivity index (χ3n) is 7.15. The van der Waals surface area contributed by atoms with Gasteiger partial charge in [-0.3, -0.25) is 15.1 Å². The Kier molecular flexibility index (Phi) is 4.93. The molecule has 1 saturated carbocycles. The van der Waals surface area contributed by atoms with E-state index in [1.807, 2.05) is 30.9 Å². The highest BCUT2D eigenvalue weighted by molar-refractivity contribution is 5.96. The minimum atomic E-state index is 0.574. The van der Waals surface area contributed by atoms with Gasteiger partial charge in [-0.1, -0.05) is 6.58 Å². The average molecular weight is 478 g/mol. The zero-order valence-electron chi connectivity index (χ0n) is 20.0. The van der Waals surface area contributed by atoms with Crippen LogP contribution in [-0.4, -0.2) is 48.2 Å². The normalized spacial score (nSPS) is 16.1. The molecule has 5 aromatic rings. The van der Waals surface area contributed by atoms with Gasteiger partial charge in [-0.25, -0.2) is 9.97 Å². The van der Waals surface area contributed by atoms with Gasteiger partial charge in [0.1, 0.15) is 11.2 Å². The summed E-state index contributed by atoms with van der Waals surface area (Å²) < 4.78 is 0. The van der Waals surface area contributed by atoms with Crippen LogP contribution in [0.25, 0.3) is 44.8 Å². The first-order chi connectivity index (χ1) is 17.7. The summed E-state index contributed by atoms with van der Waals surface area (Å²) in [7, 11) is 0. The standard InChI is InChI=1S/C27H27N9/c1-16(17-5-6-17)31-19-11-18(13-28-14-19)21-12-20-22(15-30-21)34-35-24(20)27-32-25-23(7-8-29-26(25)33-27)36-9-3-2-4-10-36/h7-8,11-15,17,31H,1-6,9-10H2,(H,34,35)(H,29,32,33). The molecule has 0 aromatic carbocycles. The minimum absolute atomic E-state index is 0.574. The number of allylic oxidation sites excluding steroid dienone is 1. The Morgan fingerprint density at radius 1 is 1.06 bits per heavy atom. The highest BCUT2D eigenvalue weighted by atomic mass is 15.2. The Morgan fingerprint density at radius 3 is 2.81 bits per heavy atom. The molecule has 0 amide bonds. The van der Waals surface area contributed by atoms with E-state index in [1.165, 1.54) is 32.1 Å². The molecule has 3 N–H and O–H groups in total. The molecule has 0 atom stereocenters. The quantitative estimate of drug-likeness (QED) is 0.305. The molecular formula is C27H27N9. The number of H-pyrrole nitrogens is 2. The van der Waals surface area contributed by atoms with Crippen molar-refractivity contribution in [3.05, 3.63) is 55.3 Å². The van der Waals surface area contributed by atoms with E-state index in [4.69, 9.17) is 4.98 Å². The summed E-state index contributed by atoms with van der Waals surface area (Å²) in [6, 6.07) is 6.17. The van der Waals surface area contributed by atoms with Crippen LogP contribution in [0, 0.1) is 5.92 Å². The van der Waals surface area contributed by atoms with E-state index in [1.54, 1.807) is 0 Å². The van der Waals surface area contributed by atoms with Gasteiger partial charge in [0.05, 0.1) is 35.0 Å². The van der Waals surface area contributed by atoms with Crippen LogP contribution in [0.1, 0.15) is 32.1 Å². The monoisotopic (exact) mass is 477 g/mol. The van der Waals surface area contributed by atoms with Crippen LogP contribution in [0.15, 0.2) is 55.3 Å². The first-order valence-corrected chi connectivity index (χ1v) is 12.6. The molecule has 0 bridgehead atoms. The molecule has 6 heterocycles. The molecule has 1 aliphatic carbocycles. The van der Waals surface area contributed by atoms with Gasteiger partial charge in [-0.05, 0) is 56.2 Å². The van der Waals surface area contributed by atoms with E-state index in [9.17, 15) is 0 Å². The number of aromatic nitrogens is 7. The van der Waals surface area contributed by atoms with Gasteiger partial charge in [0, 0.05) is 42.1 Å². The smallest absolute Gasteiger partial charge is 0.180 e. The van der Waals surface area contributed by atoms with Crippen molar-refractivity contribution in [3.63, 3.8) is 0 Å². The minimum Gasteiger partial charge on any atom is -0.370 e. The van der Waals surface area contributed by atoms with E-state index < -0.39 is 0 Å². The topological polar surface area (TPSA) is 111 Å². The first-order valence-electron chi connectivity index (χ1n) is 12.6. The van der Waals surface area contributed by atoms with E-state index in [0.29, 0.717) is 17.4 Å². The van der Waals surface area contributed by atoms with Crippen LogP contribution >= 0.6 is 0 Å². The van der Waals surface area contributed by atoms with E-state index >= 15 is 0 Å². The lowest BCUT2D eigenvalue weighted by Gasteiger charge is -2.28. The zero-order valence-corrected chi connectivity index (χ0v) is 20.0. The molecular weight excluding hydrogens is 450 g/mol. The number of pyridine rings is 3. The molecule has 7 rings (SSSR count). The zero-order chi connectivity index (χ0) is 24.1. The number of aromatic amines is 2. The fraction of sp³-hybridized carbons (Fsp3) is 0.296. The van der Waals surface area contributed by atoms with Gasteiger partial charge < -0.3 is 15.2 Å². The number of hydrogen-bond donors (Lipinski definition) is 3. The molecule has 9 heteroatoms. The summed E-state index contributed by atoms with van der Waals surface area (Å²) >= 11 is 0. The Balaban J connectivity index is 1.25. The summed E-state index contributed by atoms with van der Waals surface area (Å²) in [4.78, 5) is 24.3. The number of hydrogen-bond acceptors (Lipinski definition) is 7. The van der Waals surface area contributed by atoms with Crippen LogP contribution in [0.4, 0.5) is 11.4 Å². The van der Waals surface area contributed by atoms with Crippen molar-refractivity contribution in [2.75, 3.05) is 23.3 Å². The van der Waals surface area contributed by atoms with E-state index in [2.05, 4.69) is 59.1 Å². The van der Waals surface area contributed by atoms with Gasteiger partial charge in [0.25, 0.3) is 0 Å². The molecule has 1 aliphatic heterocycles. The second kappa shape index (κ2) is 8.44. The molecule has 180 valence electrons. The maximum atomic E-state index is 4.80. The van der Waals surface area contributed by atoms with Crippen molar-refractivity contribution in [1.82, 2.24) is 35.1 Å². The van der Waals surface area contributed by atoms with Gasteiger partial charge in [-0.15, -0.1) is 0 Å². The predicted octanol–water partition coefficient (Wildman–Crippen LogP) is 5.28. The second-order valence-electron chi connectivity index (χ2n) is 9.74. The number of anilines is 2. The van der Waals surface area contributed by atoms with Crippen molar-refractivity contribution < 1.29 is 0 Å². The number of nitrogens with zero attached hydrogens (tertiary/aromatic N) is 6. The highest BCUT2D eigenvalue weighted by Gasteiger charge is 2.25. The largest absolute Gasteiger partial charge is 0.370 e. The lowest BCUT2D eigenvalue weighted by atomic mass is 10.1. The van der Waals surface area contributed by atoms with Gasteiger partial charge in [-0.2, -0.15) is 5.10 Å². The lowest BCUT2D eigenvalue weighted by molar-refractivity contribution is 0.578. The Hall–Kier alpha value is -4.27. The SMILES string of the molecule is C=C(Nc1cncc(-c2cc3c(-c4nc5nccc(N6CCCCC6)c5[nH]4)n[nH]c3cn2)c1)C1CC1. The van der Waals surface area contributed by atoms with Crippen molar-refractivity contribution >= 4 is 33.4 Å². The summed E-state index contributed by atoms with van der Waals surface area (Å²) in [6.07, 6.45) is 13.4. The fourth-order valence-corrected chi connectivity index (χ4v) is 5.03. The van der Waals surface area contributed by atoms with Gasteiger partial charge in [0.2, 0.25) is 0 Å². The summed E-state index contributed by atoms with van der Waals surface area (Å²) in [5, 5.41) is 12.0. The second-order valence-corrected chi connectivity index (χ2v) is 9.74. The average Bonchev–Trinajstić information content (AvgIpc) is 3.55. The van der Waals surface area contributed by atoms with E-state index in [0.717, 1.165) is 63.5 Å². The van der Waals surface area contributed by atoms with Crippen LogP contribution in [0.5, 0.6) is 0 Å². The summed E-state index contributed by atoms with van der Waals surface area (Å²) in [5.74, 6) is 1.27. The molecule has 0 unspecified atom stereocenters. The first kappa shape index (κ1) is 21.0. The number of fused-ring (bicyclic) bond motifs is 2. The summed E-state index contributed by atoms with van der Waals surface area (Å²) in [6.45, 7) is 6.28. The Labute approximate surface area is 208 Å². The Bertz CT molecular complexity index is 1590. The predicted molar refractivity (Wildman–Crippen MR) is 142 cm³/mol. The molecule has 2 fully saturated rings. The number of rotatable bonds is 6. The van der Waals surface area contributed by atoms with Crippen LogP contribution < -0.4 is 10.2 Å². The summed E-state index contributed by atoms with van der Waals surface area (Å²) in [5.41, 5.74) is 8.14. The molecule has 1 saturated heterocycles. The molecule has 2 aliphatic rings. The third kappa shape index (κ3) is 3.77. The van der Waals surface area contributed by atoms with Crippen molar-refractivity contribution in [2.45, 2.75) is 32.1 Å². The third-order valence-corrected chi connectivity index (χ3v) is 7.15. The van der Waals surface area contributed by atoms with Gasteiger partial charge >= 0.3 is 0 Å². The van der Waals surface area contributed by atoms with Crippen LogP contribution in [-0.2, 0) is 0 Å². The van der Waals surface area contributed by atoms with Crippen LogP contribution in [0.2, 0.25) is 0 Å². The number of piperidine rings is 1. The van der Waals surface area contributed by atoms with Crippen LogP contribution in [0.3, 0.4) is 0 Å². The van der Waals surface area contributed by atoms with Crippen molar-refractivity contribution in [2.24, 2.45) is 5.92 Å². The number of nitrogens with one attached hydrogen (secondary N) is 3. The highest BCUT2D eigenvalue weighted by Crippen LogP contribution is 2.36. The van der Waals surface area contributed by atoms with E-state index in [-0.39, 0.29) is 0 Å². The van der Waals surface area contributed by atoms with Crippen molar-refractivity contribution in [3.8, 4) is 22.8 Å². The maximum absolute atomic E-state index is 4.80. The molecule has 0 spiro atoms.